The molecule has 2 N–H and O–H groups in total. The molecule has 0 unspecified atom stereocenters. The van der Waals surface area contributed by atoms with E-state index >= 15 is 0 Å². The van der Waals surface area contributed by atoms with Crippen molar-refractivity contribution in [1.29, 1.82) is 0 Å². The Kier molecular flexibility index (Phi) is 6.17. The first-order valence-electron chi connectivity index (χ1n) is 7.24. The van der Waals surface area contributed by atoms with Gasteiger partial charge in [0, 0.05) is 4.47 Å². The van der Waals surface area contributed by atoms with E-state index in [0.717, 1.165) is 8.95 Å². The summed E-state index contributed by atoms with van der Waals surface area (Å²) in [5.74, 6) is 0.143. The highest BCUT2D eigenvalue weighted by atomic mass is 79.9. The SMILES string of the molecule is O=C(Nc1nnc(COc2ccc(Br)cc2Br)s1)Nc1ccccc1F. The maximum atomic E-state index is 13.5. The molecule has 0 atom stereocenters. The van der Waals surface area contributed by atoms with E-state index in [1.807, 2.05) is 18.2 Å². The van der Waals surface area contributed by atoms with Gasteiger partial charge in [-0.3, -0.25) is 5.32 Å². The topological polar surface area (TPSA) is 76.1 Å². The minimum atomic E-state index is -0.602. The number of amides is 2. The summed E-state index contributed by atoms with van der Waals surface area (Å²) < 4.78 is 20.9. The molecule has 2 amide bonds. The number of carbonyl (C=O) groups excluding carboxylic acids is 1. The van der Waals surface area contributed by atoms with Crippen molar-refractivity contribution < 1.29 is 13.9 Å². The molecule has 0 saturated heterocycles. The van der Waals surface area contributed by atoms with Gasteiger partial charge in [-0.05, 0) is 46.3 Å². The molecule has 134 valence electrons. The lowest BCUT2D eigenvalue weighted by atomic mass is 10.3. The molecule has 0 radical (unpaired) electrons. The molecule has 3 rings (SSSR count). The Balaban J connectivity index is 1.56. The van der Waals surface area contributed by atoms with Crippen LogP contribution >= 0.6 is 43.2 Å². The van der Waals surface area contributed by atoms with E-state index in [9.17, 15) is 9.18 Å². The summed E-state index contributed by atoms with van der Waals surface area (Å²) in [7, 11) is 0. The molecule has 0 aliphatic rings. The van der Waals surface area contributed by atoms with Crippen molar-refractivity contribution in [1.82, 2.24) is 10.2 Å². The van der Waals surface area contributed by atoms with E-state index in [4.69, 9.17) is 4.74 Å². The van der Waals surface area contributed by atoms with Crippen LogP contribution in [0.3, 0.4) is 0 Å². The van der Waals surface area contributed by atoms with Crippen molar-refractivity contribution in [3.8, 4) is 5.75 Å². The molecule has 26 heavy (non-hydrogen) atoms. The van der Waals surface area contributed by atoms with Crippen molar-refractivity contribution in [2.75, 3.05) is 10.6 Å². The number of aromatic nitrogens is 2. The van der Waals surface area contributed by atoms with Crippen LogP contribution in [0.15, 0.2) is 51.4 Å². The molecule has 3 aromatic rings. The number of hydrogen-bond acceptors (Lipinski definition) is 5. The van der Waals surface area contributed by atoms with Crippen LogP contribution in [0.2, 0.25) is 0 Å². The summed E-state index contributed by atoms with van der Waals surface area (Å²) in [5, 5.41) is 13.6. The molecule has 0 bridgehead atoms. The molecule has 0 aliphatic carbocycles. The third-order valence-corrected chi connectivity index (χ3v) is 4.98. The van der Waals surface area contributed by atoms with Crippen LogP contribution in [-0.2, 0) is 6.61 Å². The number of ether oxygens (including phenoxy) is 1. The number of urea groups is 1. The minimum Gasteiger partial charge on any atom is -0.485 e. The number of nitrogens with one attached hydrogen (secondary N) is 2. The molecule has 1 aromatic heterocycles. The molecule has 6 nitrogen and oxygen atoms in total. The van der Waals surface area contributed by atoms with Gasteiger partial charge in [-0.1, -0.05) is 39.4 Å². The lowest BCUT2D eigenvalue weighted by Crippen LogP contribution is -2.19. The number of nitrogens with zero attached hydrogens (tertiary/aromatic N) is 2. The number of halogens is 3. The van der Waals surface area contributed by atoms with Crippen LogP contribution in [-0.4, -0.2) is 16.2 Å². The van der Waals surface area contributed by atoms with E-state index in [1.165, 1.54) is 23.5 Å². The third-order valence-electron chi connectivity index (χ3n) is 3.05. The van der Waals surface area contributed by atoms with E-state index in [0.29, 0.717) is 10.8 Å². The zero-order chi connectivity index (χ0) is 18.5. The summed E-state index contributed by atoms with van der Waals surface area (Å²) in [6, 6.07) is 10.8. The third kappa shape index (κ3) is 4.99. The zero-order valence-electron chi connectivity index (χ0n) is 13.0. The van der Waals surface area contributed by atoms with E-state index < -0.39 is 11.8 Å². The predicted molar refractivity (Wildman–Crippen MR) is 105 cm³/mol. The summed E-state index contributed by atoms with van der Waals surface area (Å²) in [5.41, 5.74) is 0.0816. The largest absolute Gasteiger partial charge is 0.485 e. The van der Waals surface area contributed by atoms with Crippen LogP contribution in [0, 0.1) is 5.82 Å². The molecule has 0 aliphatic heterocycles. The van der Waals surface area contributed by atoms with Gasteiger partial charge in [0.1, 0.15) is 18.2 Å². The fourth-order valence-corrected chi connectivity index (χ4v) is 3.72. The van der Waals surface area contributed by atoms with Gasteiger partial charge in [0.05, 0.1) is 10.2 Å². The highest BCUT2D eigenvalue weighted by molar-refractivity contribution is 9.11. The number of hydrogen-bond donors (Lipinski definition) is 2. The maximum Gasteiger partial charge on any atom is 0.325 e. The van der Waals surface area contributed by atoms with Crippen molar-refractivity contribution in [2.45, 2.75) is 6.61 Å². The molecule has 10 heteroatoms. The first-order valence-corrected chi connectivity index (χ1v) is 9.64. The van der Waals surface area contributed by atoms with Gasteiger partial charge >= 0.3 is 6.03 Å². The Labute approximate surface area is 169 Å². The lowest BCUT2D eigenvalue weighted by Gasteiger charge is -2.06. The van der Waals surface area contributed by atoms with Crippen molar-refractivity contribution in [2.24, 2.45) is 0 Å². The Morgan fingerprint density at radius 2 is 1.96 bits per heavy atom. The van der Waals surface area contributed by atoms with E-state index in [2.05, 4.69) is 52.7 Å². The molecule has 0 spiro atoms. The molecule has 0 fully saturated rings. The maximum absolute atomic E-state index is 13.5. The van der Waals surface area contributed by atoms with Crippen LogP contribution < -0.4 is 15.4 Å². The molecular weight excluding hydrogens is 491 g/mol. The van der Waals surface area contributed by atoms with Crippen LogP contribution in [0.25, 0.3) is 0 Å². The Bertz CT molecular complexity index is 938. The second-order valence-corrected chi connectivity index (χ2v) is 7.76. The number of benzene rings is 2. The molecule has 2 aromatic carbocycles. The lowest BCUT2D eigenvalue weighted by molar-refractivity contribution is 0.262. The smallest absolute Gasteiger partial charge is 0.325 e. The number of rotatable bonds is 5. The van der Waals surface area contributed by atoms with Gasteiger partial charge < -0.3 is 10.1 Å². The molecular formula is C16H11Br2FN4O2S. The predicted octanol–water partition coefficient (Wildman–Crippen LogP) is 5.43. The van der Waals surface area contributed by atoms with E-state index in [1.54, 1.807) is 12.1 Å². The first kappa shape index (κ1) is 18.7. The Morgan fingerprint density at radius 1 is 1.15 bits per heavy atom. The van der Waals surface area contributed by atoms with Gasteiger partial charge in [-0.25, -0.2) is 9.18 Å². The second kappa shape index (κ2) is 8.56. The quantitative estimate of drug-likeness (QED) is 0.489. The minimum absolute atomic E-state index is 0.0816. The number of carbonyl (C=O) groups is 1. The number of anilines is 2. The molecule has 1 heterocycles. The standard InChI is InChI=1S/C16H11Br2FN4O2S/c17-9-5-6-13(10(18)7-9)25-8-14-22-23-16(26-14)21-15(24)20-12-4-2-1-3-11(12)19/h1-7H,8H2,(H2,20,21,23,24). The fourth-order valence-electron chi connectivity index (χ4n) is 1.91. The average Bonchev–Trinajstić information content (AvgIpc) is 3.03. The van der Waals surface area contributed by atoms with Crippen molar-refractivity contribution in [3.63, 3.8) is 0 Å². The highest BCUT2D eigenvalue weighted by Crippen LogP contribution is 2.29. The summed E-state index contributed by atoms with van der Waals surface area (Å²) >= 11 is 7.95. The van der Waals surface area contributed by atoms with Crippen LogP contribution in [0.4, 0.5) is 20.0 Å². The van der Waals surface area contributed by atoms with E-state index in [-0.39, 0.29) is 17.4 Å². The summed E-state index contributed by atoms with van der Waals surface area (Å²) in [6.07, 6.45) is 0. The Morgan fingerprint density at radius 3 is 2.73 bits per heavy atom. The van der Waals surface area contributed by atoms with Gasteiger partial charge in [-0.15, -0.1) is 10.2 Å². The van der Waals surface area contributed by atoms with Crippen LogP contribution in [0.5, 0.6) is 5.75 Å². The zero-order valence-corrected chi connectivity index (χ0v) is 17.0. The van der Waals surface area contributed by atoms with Crippen LogP contribution in [0.1, 0.15) is 5.01 Å². The second-order valence-electron chi connectivity index (χ2n) is 4.92. The van der Waals surface area contributed by atoms with Crippen molar-refractivity contribution >= 4 is 60.0 Å². The van der Waals surface area contributed by atoms with Crippen molar-refractivity contribution in [3.05, 3.63) is 62.2 Å². The van der Waals surface area contributed by atoms with Gasteiger partial charge in [0.25, 0.3) is 0 Å². The number of para-hydroxylation sites is 1. The Hall–Kier alpha value is -2.04. The highest BCUT2D eigenvalue weighted by Gasteiger charge is 2.11. The van der Waals surface area contributed by atoms with Gasteiger partial charge in [0.2, 0.25) is 5.13 Å². The monoisotopic (exact) mass is 500 g/mol. The normalized spacial score (nSPS) is 10.4. The fraction of sp³-hybridized carbons (Fsp3) is 0.0625. The first-order chi connectivity index (χ1) is 12.5. The summed E-state index contributed by atoms with van der Waals surface area (Å²) in [4.78, 5) is 11.9. The molecule has 0 saturated carbocycles. The van der Waals surface area contributed by atoms with Gasteiger partial charge in [0.15, 0.2) is 5.01 Å². The van der Waals surface area contributed by atoms with Gasteiger partial charge in [-0.2, -0.15) is 0 Å². The average molecular weight is 502 g/mol. The summed E-state index contributed by atoms with van der Waals surface area (Å²) in [6.45, 7) is 0.203.